The number of hydrogen-bond donors (Lipinski definition) is 2. The summed E-state index contributed by atoms with van der Waals surface area (Å²) in [6.45, 7) is 0. The first-order valence-corrected chi connectivity index (χ1v) is 8.84. The molecule has 0 aromatic heterocycles. The lowest BCUT2D eigenvalue weighted by molar-refractivity contribution is 0.102. The van der Waals surface area contributed by atoms with Gasteiger partial charge in [-0.3, -0.25) is 9.52 Å². The van der Waals surface area contributed by atoms with Gasteiger partial charge in [-0.05, 0) is 24.3 Å². The molecule has 0 fully saturated rings. The normalized spacial score (nSPS) is 10.8. The van der Waals surface area contributed by atoms with Crippen LogP contribution in [0.2, 0.25) is 0 Å². The van der Waals surface area contributed by atoms with Crippen molar-refractivity contribution in [2.45, 2.75) is 0 Å². The molecule has 2 rings (SSSR count). The number of ether oxygens (including phenoxy) is 2. The number of methoxy groups -OCH3 is 2. The van der Waals surface area contributed by atoms with Crippen molar-refractivity contribution in [1.82, 2.24) is 0 Å². The molecule has 0 aliphatic carbocycles. The number of para-hydroxylation sites is 2. The molecule has 0 bridgehead atoms. The van der Waals surface area contributed by atoms with E-state index in [2.05, 4.69) is 10.0 Å². The summed E-state index contributed by atoms with van der Waals surface area (Å²) in [6, 6.07) is 11.5. The molecule has 0 radical (unpaired) electrons. The van der Waals surface area contributed by atoms with Crippen molar-refractivity contribution in [2.24, 2.45) is 0 Å². The molecule has 8 heteroatoms. The zero-order valence-corrected chi connectivity index (χ0v) is 14.3. The summed E-state index contributed by atoms with van der Waals surface area (Å²) in [6.07, 6.45) is 1.04. The van der Waals surface area contributed by atoms with Gasteiger partial charge in [0, 0.05) is 0 Å². The quantitative estimate of drug-likeness (QED) is 0.834. The van der Waals surface area contributed by atoms with Gasteiger partial charge in [0.25, 0.3) is 5.91 Å². The molecule has 24 heavy (non-hydrogen) atoms. The molecule has 7 nitrogen and oxygen atoms in total. The Labute approximate surface area is 140 Å². The van der Waals surface area contributed by atoms with E-state index in [0.29, 0.717) is 17.2 Å². The van der Waals surface area contributed by atoms with Crippen LogP contribution in [0.25, 0.3) is 0 Å². The van der Waals surface area contributed by atoms with Crippen LogP contribution < -0.4 is 19.5 Å². The lowest BCUT2D eigenvalue weighted by Gasteiger charge is -2.15. The van der Waals surface area contributed by atoms with Gasteiger partial charge in [0.2, 0.25) is 10.0 Å². The Morgan fingerprint density at radius 1 is 0.917 bits per heavy atom. The molecule has 0 saturated carbocycles. The van der Waals surface area contributed by atoms with Crippen molar-refractivity contribution in [3.8, 4) is 11.5 Å². The van der Waals surface area contributed by atoms with Crippen LogP contribution in [0.5, 0.6) is 11.5 Å². The summed E-state index contributed by atoms with van der Waals surface area (Å²) < 4.78 is 35.7. The highest BCUT2D eigenvalue weighted by atomic mass is 32.2. The summed E-state index contributed by atoms with van der Waals surface area (Å²) in [7, 11) is -0.578. The Morgan fingerprint density at radius 2 is 1.46 bits per heavy atom. The second-order valence-electron chi connectivity index (χ2n) is 4.91. The first kappa shape index (κ1) is 17.6. The highest BCUT2D eigenvalue weighted by Gasteiger charge is 2.19. The van der Waals surface area contributed by atoms with Crippen LogP contribution in [0.3, 0.4) is 0 Å². The molecule has 0 unspecified atom stereocenters. The Bertz CT molecular complexity index is 827. The van der Waals surface area contributed by atoms with E-state index in [4.69, 9.17) is 9.47 Å². The van der Waals surface area contributed by atoms with Gasteiger partial charge in [-0.25, -0.2) is 8.42 Å². The number of hydrogen-bond acceptors (Lipinski definition) is 5. The number of anilines is 2. The maximum atomic E-state index is 12.6. The molecule has 0 aliphatic heterocycles. The number of carbonyl (C=O) groups is 1. The molecular weight excluding hydrogens is 332 g/mol. The topological polar surface area (TPSA) is 93.7 Å². The first-order chi connectivity index (χ1) is 11.4. The number of nitrogens with one attached hydrogen (secondary N) is 2. The van der Waals surface area contributed by atoms with Crippen LogP contribution in [0.4, 0.5) is 11.4 Å². The predicted molar refractivity (Wildman–Crippen MR) is 92.4 cm³/mol. The van der Waals surface area contributed by atoms with Crippen LogP contribution in [0.1, 0.15) is 10.4 Å². The highest BCUT2D eigenvalue weighted by Crippen LogP contribution is 2.30. The van der Waals surface area contributed by atoms with Crippen molar-refractivity contribution in [3.63, 3.8) is 0 Å². The minimum absolute atomic E-state index is 0.219. The van der Waals surface area contributed by atoms with Gasteiger partial charge in [0.15, 0.2) is 0 Å². The molecule has 0 heterocycles. The average Bonchev–Trinajstić information content (AvgIpc) is 2.54. The summed E-state index contributed by atoms with van der Waals surface area (Å²) in [5.74, 6) is 0.216. The van der Waals surface area contributed by atoms with E-state index in [1.54, 1.807) is 42.5 Å². The summed E-state index contributed by atoms with van der Waals surface area (Å²) in [4.78, 5) is 12.6. The monoisotopic (exact) mass is 350 g/mol. The van der Waals surface area contributed by atoms with Gasteiger partial charge in [-0.1, -0.05) is 18.2 Å². The van der Waals surface area contributed by atoms with Crippen LogP contribution in [0, 0.1) is 0 Å². The van der Waals surface area contributed by atoms with E-state index in [-0.39, 0.29) is 11.3 Å². The van der Waals surface area contributed by atoms with Gasteiger partial charge in [0.1, 0.15) is 17.1 Å². The fraction of sp³-hybridized carbons (Fsp3) is 0.188. The Kier molecular flexibility index (Phi) is 5.30. The summed E-state index contributed by atoms with van der Waals surface area (Å²) in [5, 5.41) is 2.67. The summed E-state index contributed by atoms with van der Waals surface area (Å²) in [5.41, 5.74) is 0.805. The SMILES string of the molecule is COc1cccc(OC)c1C(=O)Nc1ccccc1NS(C)(=O)=O. The lowest BCUT2D eigenvalue weighted by atomic mass is 10.1. The molecule has 2 aromatic rings. The molecule has 1 amide bonds. The number of benzene rings is 2. The Hall–Kier alpha value is -2.74. The van der Waals surface area contributed by atoms with Crippen molar-refractivity contribution in [2.75, 3.05) is 30.5 Å². The average molecular weight is 350 g/mol. The van der Waals surface area contributed by atoms with E-state index in [1.807, 2.05) is 0 Å². The van der Waals surface area contributed by atoms with Crippen molar-refractivity contribution in [3.05, 3.63) is 48.0 Å². The lowest BCUT2D eigenvalue weighted by Crippen LogP contribution is -2.17. The Balaban J connectivity index is 2.38. The van der Waals surface area contributed by atoms with E-state index >= 15 is 0 Å². The zero-order valence-electron chi connectivity index (χ0n) is 13.5. The predicted octanol–water partition coefficient (Wildman–Crippen LogP) is 2.33. The first-order valence-electron chi connectivity index (χ1n) is 6.95. The van der Waals surface area contributed by atoms with E-state index in [0.717, 1.165) is 6.26 Å². The fourth-order valence-corrected chi connectivity index (χ4v) is 2.72. The standard InChI is InChI=1S/C16H18N2O5S/c1-22-13-9-6-10-14(23-2)15(13)16(19)17-11-7-4-5-8-12(11)18-24(3,20)21/h4-10,18H,1-3H3,(H,17,19). The van der Waals surface area contributed by atoms with Gasteiger partial charge < -0.3 is 14.8 Å². The minimum atomic E-state index is -3.48. The number of rotatable bonds is 6. The number of sulfonamides is 1. The van der Waals surface area contributed by atoms with E-state index in [9.17, 15) is 13.2 Å². The molecule has 0 atom stereocenters. The van der Waals surface area contributed by atoms with Crippen LogP contribution in [-0.2, 0) is 10.0 Å². The maximum Gasteiger partial charge on any atom is 0.263 e. The summed E-state index contributed by atoms with van der Waals surface area (Å²) >= 11 is 0. The van der Waals surface area contributed by atoms with Crippen LogP contribution in [-0.4, -0.2) is 34.8 Å². The van der Waals surface area contributed by atoms with Crippen LogP contribution in [0.15, 0.2) is 42.5 Å². The van der Waals surface area contributed by atoms with Gasteiger partial charge >= 0.3 is 0 Å². The maximum absolute atomic E-state index is 12.6. The molecule has 2 N–H and O–H groups in total. The number of carbonyl (C=O) groups excluding carboxylic acids is 1. The third-order valence-electron chi connectivity index (χ3n) is 3.13. The van der Waals surface area contributed by atoms with Gasteiger partial charge in [-0.15, -0.1) is 0 Å². The zero-order chi connectivity index (χ0) is 17.7. The third-order valence-corrected chi connectivity index (χ3v) is 3.72. The molecule has 0 saturated heterocycles. The van der Waals surface area contributed by atoms with Crippen molar-refractivity contribution < 1.29 is 22.7 Å². The highest BCUT2D eigenvalue weighted by molar-refractivity contribution is 7.92. The molecule has 0 aliphatic rings. The van der Waals surface area contributed by atoms with Crippen LogP contribution >= 0.6 is 0 Å². The smallest absolute Gasteiger partial charge is 0.263 e. The molecule has 2 aromatic carbocycles. The largest absolute Gasteiger partial charge is 0.496 e. The second kappa shape index (κ2) is 7.22. The molecular formula is C16H18N2O5S. The van der Waals surface area contributed by atoms with Crippen molar-refractivity contribution >= 4 is 27.3 Å². The second-order valence-corrected chi connectivity index (χ2v) is 6.66. The molecule has 128 valence electrons. The van der Waals surface area contributed by atoms with Gasteiger partial charge in [-0.2, -0.15) is 0 Å². The number of amides is 1. The minimum Gasteiger partial charge on any atom is -0.496 e. The Morgan fingerprint density at radius 3 is 1.96 bits per heavy atom. The van der Waals surface area contributed by atoms with E-state index < -0.39 is 15.9 Å². The molecule has 0 spiro atoms. The van der Waals surface area contributed by atoms with Crippen molar-refractivity contribution in [1.29, 1.82) is 0 Å². The van der Waals surface area contributed by atoms with Gasteiger partial charge in [0.05, 0.1) is 31.9 Å². The third kappa shape index (κ3) is 4.17. The van der Waals surface area contributed by atoms with E-state index in [1.165, 1.54) is 14.2 Å². The fourth-order valence-electron chi connectivity index (χ4n) is 2.14.